The third-order valence-corrected chi connectivity index (χ3v) is 4.48. The first-order valence-electron chi connectivity index (χ1n) is 10.9. The Morgan fingerprint density at radius 3 is 1.15 bits per heavy atom. The number of hydrogen-bond acceptors (Lipinski definition) is 6. The Morgan fingerprint density at radius 1 is 0.636 bits per heavy atom. The maximum atomic E-state index is 11.0. The van der Waals surface area contributed by atoms with Gasteiger partial charge in [-0.2, -0.15) is 0 Å². The first-order chi connectivity index (χ1) is 14.9. The average molecular weight is 495 g/mol. The predicted octanol–water partition coefficient (Wildman–Crippen LogP) is 3.92. The van der Waals surface area contributed by atoms with Crippen LogP contribution in [0.5, 0.6) is 11.5 Å². The Bertz CT molecular complexity index is 843. The fourth-order valence-electron chi connectivity index (χ4n) is 3.07. The second kappa shape index (κ2) is 13.9. The second-order valence-electron chi connectivity index (χ2n) is 8.67. The summed E-state index contributed by atoms with van der Waals surface area (Å²) in [6, 6.07) is 10.2. The quantitative estimate of drug-likeness (QED) is 0.552. The van der Waals surface area contributed by atoms with Crippen LogP contribution in [0.2, 0.25) is 0 Å². The zero-order valence-electron chi connectivity index (χ0n) is 20.6. The molecule has 0 bridgehead atoms. The van der Waals surface area contributed by atoms with Crippen molar-refractivity contribution < 1.29 is 46.6 Å². The molecule has 2 aromatic rings. The molecule has 0 aliphatic carbocycles. The van der Waals surface area contributed by atoms with E-state index in [2.05, 4.69) is 0 Å². The molecule has 0 aliphatic rings. The van der Waals surface area contributed by atoms with Crippen LogP contribution in [0.15, 0.2) is 36.4 Å². The topological polar surface area (TPSA) is 98.7 Å². The van der Waals surface area contributed by atoms with E-state index in [4.69, 9.17) is 9.47 Å². The fourth-order valence-corrected chi connectivity index (χ4v) is 3.07. The third kappa shape index (κ3) is 9.11. The molecule has 180 valence electrons. The van der Waals surface area contributed by atoms with E-state index in [1.165, 1.54) is 12.1 Å². The van der Waals surface area contributed by atoms with Crippen LogP contribution < -0.4 is 19.7 Å². The van der Waals surface area contributed by atoms with Gasteiger partial charge in [-0.1, -0.05) is 52.0 Å². The normalized spacial score (nSPS) is 10.5. The van der Waals surface area contributed by atoms with Gasteiger partial charge in [0.05, 0.1) is 24.1 Å². The Balaban J connectivity index is 0.000000602. The van der Waals surface area contributed by atoms with Gasteiger partial charge >= 0.3 is 17.4 Å². The second-order valence-corrected chi connectivity index (χ2v) is 8.67. The van der Waals surface area contributed by atoms with Crippen LogP contribution >= 0.6 is 0 Å². The predicted molar refractivity (Wildman–Crippen MR) is 121 cm³/mol. The summed E-state index contributed by atoms with van der Waals surface area (Å²) >= 11 is 0. The molecule has 0 saturated heterocycles. The van der Waals surface area contributed by atoms with Gasteiger partial charge in [0.2, 0.25) is 0 Å². The van der Waals surface area contributed by atoms with Crippen molar-refractivity contribution in [3.8, 4) is 11.5 Å². The SMILES string of the molecule is CC(C)Oc1c(C(=O)[O-])cccc1C(C)C.CC(C)Oc1c(C(=O)[O-])cccc1C(C)C.[Cr+2]. The van der Waals surface area contributed by atoms with Gasteiger partial charge in [0.15, 0.2) is 0 Å². The summed E-state index contributed by atoms with van der Waals surface area (Å²) in [4.78, 5) is 22.0. The molecule has 0 amide bonds. The Morgan fingerprint density at radius 2 is 0.939 bits per heavy atom. The Hall–Kier alpha value is -2.49. The number of ether oxygens (including phenoxy) is 2. The zero-order valence-corrected chi connectivity index (χ0v) is 21.9. The molecule has 0 N–H and O–H groups in total. The minimum atomic E-state index is -1.20. The molecule has 0 saturated carbocycles. The van der Waals surface area contributed by atoms with Gasteiger partial charge in [0, 0.05) is 11.1 Å². The smallest absolute Gasteiger partial charge is 0.545 e. The summed E-state index contributed by atoms with van der Waals surface area (Å²) < 4.78 is 11.2. The van der Waals surface area contributed by atoms with Crippen LogP contribution in [0.3, 0.4) is 0 Å². The zero-order chi connectivity index (χ0) is 24.6. The summed E-state index contributed by atoms with van der Waals surface area (Å²) in [5, 5.41) is 22.0. The molecule has 2 aromatic carbocycles. The molecule has 0 spiro atoms. The van der Waals surface area contributed by atoms with Crippen LogP contribution in [0.4, 0.5) is 0 Å². The van der Waals surface area contributed by atoms with E-state index in [1.807, 2.05) is 67.5 Å². The van der Waals surface area contributed by atoms with Crippen molar-refractivity contribution in [2.24, 2.45) is 0 Å². The monoisotopic (exact) mass is 494 g/mol. The van der Waals surface area contributed by atoms with Crippen molar-refractivity contribution in [1.29, 1.82) is 0 Å². The minimum Gasteiger partial charge on any atom is -0.545 e. The molecule has 0 radical (unpaired) electrons. The molecule has 6 nitrogen and oxygen atoms in total. The molecule has 0 fully saturated rings. The molecule has 0 heterocycles. The van der Waals surface area contributed by atoms with E-state index < -0.39 is 11.9 Å². The summed E-state index contributed by atoms with van der Waals surface area (Å²) in [5.41, 5.74) is 2.05. The molecule has 33 heavy (non-hydrogen) atoms. The van der Waals surface area contributed by atoms with Gasteiger partial charge in [0.25, 0.3) is 0 Å². The van der Waals surface area contributed by atoms with E-state index in [0.717, 1.165) is 11.1 Å². The van der Waals surface area contributed by atoms with Gasteiger partial charge < -0.3 is 29.3 Å². The van der Waals surface area contributed by atoms with Crippen molar-refractivity contribution in [2.45, 2.75) is 79.4 Å². The van der Waals surface area contributed by atoms with Gasteiger partial charge in [-0.3, -0.25) is 0 Å². The van der Waals surface area contributed by atoms with Crippen LogP contribution in [-0.4, -0.2) is 24.1 Å². The van der Waals surface area contributed by atoms with E-state index in [1.54, 1.807) is 12.1 Å². The van der Waals surface area contributed by atoms with Crippen LogP contribution in [0.1, 0.15) is 99.1 Å². The van der Waals surface area contributed by atoms with Crippen molar-refractivity contribution in [2.75, 3.05) is 0 Å². The van der Waals surface area contributed by atoms with Crippen LogP contribution in [-0.2, 0) is 17.4 Å². The van der Waals surface area contributed by atoms with E-state index in [-0.39, 0.29) is 52.5 Å². The third-order valence-electron chi connectivity index (χ3n) is 4.48. The molecule has 0 atom stereocenters. The number of carbonyl (C=O) groups excluding carboxylic acids is 2. The number of carboxylic acid groups (broad SMARTS) is 2. The largest absolute Gasteiger partial charge is 2.00 e. The molecule has 2 rings (SSSR count). The van der Waals surface area contributed by atoms with Gasteiger partial charge in [-0.25, -0.2) is 0 Å². The number of carboxylic acids is 2. The van der Waals surface area contributed by atoms with Gasteiger partial charge in [-0.05, 0) is 62.8 Å². The number of hydrogen-bond donors (Lipinski definition) is 0. The van der Waals surface area contributed by atoms with E-state index in [0.29, 0.717) is 11.5 Å². The first-order valence-corrected chi connectivity index (χ1v) is 10.9. The number of rotatable bonds is 8. The number of aromatic carboxylic acids is 2. The van der Waals surface area contributed by atoms with Crippen LogP contribution in [0, 0.1) is 0 Å². The minimum absolute atomic E-state index is 0. The first kappa shape index (κ1) is 30.5. The molecule has 7 heteroatoms. The molecular weight excluding hydrogens is 460 g/mol. The molecule has 0 aliphatic heterocycles. The summed E-state index contributed by atoms with van der Waals surface area (Å²) in [5.74, 6) is -1.09. The number of benzene rings is 2. The summed E-state index contributed by atoms with van der Waals surface area (Å²) in [7, 11) is 0. The molecule has 0 unspecified atom stereocenters. The fraction of sp³-hybridized carbons (Fsp3) is 0.462. The van der Waals surface area contributed by atoms with Crippen LogP contribution in [0.25, 0.3) is 0 Å². The summed E-state index contributed by atoms with van der Waals surface area (Å²) in [6.07, 6.45) is -0.115. The van der Waals surface area contributed by atoms with Crippen molar-refractivity contribution in [1.82, 2.24) is 0 Å². The molecule has 0 aromatic heterocycles. The molecular formula is C26H34CrO6. The Labute approximate surface area is 208 Å². The van der Waals surface area contributed by atoms with Crippen molar-refractivity contribution in [3.63, 3.8) is 0 Å². The van der Waals surface area contributed by atoms with Crippen molar-refractivity contribution in [3.05, 3.63) is 58.7 Å². The maximum absolute atomic E-state index is 11.0. The van der Waals surface area contributed by atoms with E-state index >= 15 is 0 Å². The van der Waals surface area contributed by atoms with Gasteiger partial charge in [0.1, 0.15) is 11.5 Å². The van der Waals surface area contributed by atoms with Crippen molar-refractivity contribution >= 4 is 11.9 Å². The average Bonchev–Trinajstić information content (AvgIpc) is 2.67. The standard InChI is InChI=1S/2C13H18O3.Cr/c2*1-8(2)10-6-5-7-11(13(14)15)12(10)16-9(3)4;/h2*5-9H,1-4H3,(H,14,15);/q;;+2/p-2. The summed E-state index contributed by atoms with van der Waals surface area (Å²) in [6.45, 7) is 15.5. The Kier molecular flexibility index (Phi) is 12.9. The number of para-hydroxylation sites is 2. The maximum Gasteiger partial charge on any atom is 2.00 e. The van der Waals surface area contributed by atoms with Gasteiger partial charge in [-0.15, -0.1) is 0 Å². The number of carbonyl (C=O) groups is 2. The van der Waals surface area contributed by atoms with E-state index in [9.17, 15) is 19.8 Å².